The standard InChI is InChI=1S/C29H20ClN3O4/c30-23-9-3-4-10-25(23)32-29(37)33-27(35)19-13-12-18-16-26(34)22(15-20(18)14-19)28(36)31-24-11-5-7-17-6-1-2-8-21(17)24/h1-16,34H,(H,31,36)(H2,32,33,35,37). The number of phenols is 1. The van der Waals surface area contributed by atoms with Crippen LogP contribution in [0.4, 0.5) is 16.2 Å². The zero-order chi connectivity index (χ0) is 25.9. The molecule has 0 saturated carbocycles. The molecule has 0 bridgehead atoms. The van der Waals surface area contributed by atoms with E-state index in [1.807, 2.05) is 36.4 Å². The third-order valence-corrected chi connectivity index (χ3v) is 6.18. The van der Waals surface area contributed by atoms with Gasteiger partial charge in [0.15, 0.2) is 0 Å². The molecular formula is C29H20ClN3O4. The predicted octanol–water partition coefficient (Wildman–Crippen LogP) is 6.57. The average Bonchev–Trinajstić information content (AvgIpc) is 2.89. The van der Waals surface area contributed by atoms with Gasteiger partial charge in [-0.3, -0.25) is 14.9 Å². The maximum absolute atomic E-state index is 13.1. The van der Waals surface area contributed by atoms with E-state index >= 15 is 0 Å². The number of halogens is 1. The number of hydrogen-bond donors (Lipinski definition) is 4. The molecule has 4 N–H and O–H groups in total. The number of hydrogen-bond acceptors (Lipinski definition) is 4. The summed E-state index contributed by atoms with van der Waals surface area (Å²) in [5.41, 5.74) is 1.23. The summed E-state index contributed by atoms with van der Waals surface area (Å²) >= 11 is 6.04. The molecule has 0 saturated heterocycles. The normalized spacial score (nSPS) is 10.7. The first-order valence-electron chi connectivity index (χ1n) is 11.3. The molecule has 5 aromatic carbocycles. The smallest absolute Gasteiger partial charge is 0.326 e. The molecule has 0 aliphatic rings. The van der Waals surface area contributed by atoms with Gasteiger partial charge in [-0.1, -0.05) is 66.2 Å². The van der Waals surface area contributed by atoms with Gasteiger partial charge in [0, 0.05) is 16.6 Å². The second-order valence-electron chi connectivity index (χ2n) is 8.30. The molecule has 5 rings (SSSR count). The molecule has 182 valence electrons. The van der Waals surface area contributed by atoms with E-state index in [2.05, 4.69) is 16.0 Å². The van der Waals surface area contributed by atoms with E-state index in [1.54, 1.807) is 42.5 Å². The van der Waals surface area contributed by atoms with E-state index in [0.29, 0.717) is 27.2 Å². The number of fused-ring (bicyclic) bond motifs is 2. The number of nitrogens with one attached hydrogen (secondary N) is 3. The van der Waals surface area contributed by atoms with Gasteiger partial charge in [-0.05, 0) is 58.6 Å². The number of imide groups is 1. The molecule has 7 nitrogen and oxygen atoms in total. The summed E-state index contributed by atoms with van der Waals surface area (Å²) in [6, 6.07) is 26.8. The second kappa shape index (κ2) is 10.0. The lowest BCUT2D eigenvalue weighted by Crippen LogP contribution is -2.34. The Balaban J connectivity index is 1.37. The molecule has 0 aromatic heterocycles. The van der Waals surface area contributed by atoms with Crippen LogP contribution in [-0.2, 0) is 0 Å². The largest absolute Gasteiger partial charge is 0.507 e. The van der Waals surface area contributed by atoms with Crippen LogP contribution in [0.1, 0.15) is 20.7 Å². The molecule has 0 spiro atoms. The summed E-state index contributed by atoms with van der Waals surface area (Å²) in [6.45, 7) is 0. The van der Waals surface area contributed by atoms with E-state index in [1.165, 1.54) is 18.2 Å². The number of amides is 4. The number of carbonyl (C=O) groups excluding carboxylic acids is 3. The number of rotatable bonds is 4. The van der Waals surface area contributed by atoms with Gasteiger partial charge in [-0.15, -0.1) is 0 Å². The van der Waals surface area contributed by atoms with Gasteiger partial charge in [0.1, 0.15) is 5.75 Å². The minimum atomic E-state index is -0.737. The third-order valence-electron chi connectivity index (χ3n) is 5.85. The molecule has 37 heavy (non-hydrogen) atoms. The van der Waals surface area contributed by atoms with Gasteiger partial charge < -0.3 is 15.7 Å². The number of aromatic hydroxyl groups is 1. The predicted molar refractivity (Wildman–Crippen MR) is 145 cm³/mol. The van der Waals surface area contributed by atoms with Crippen molar-refractivity contribution in [2.75, 3.05) is 10.6 Å². The first kappa shape index (κ1) is 23.8. The van der Waals surface area contributed by atoms with Gasteiger partial charge in [-0.2, -0.15) is 0 Å². The number of phenolic OH excluding ortho intramolecular Hbond substituents is 1. The lowest BCUT2D eigenvalue weighted by molar-refractivity contribution is 0.0966. The summed E-state index contributed by atoms with van der Waals surface area (Å²) in [4.78, 5) is 38.0. The van der Waals surface area contributed by atoms with Crippen LogP contribution >= 0.6 is 11.6 Å². The van der Waals surface area contributed by atoms with Crippen molar-refractivity contribution in [3.63, 3.8) is 0 Å². The Kier molecular flexibility index (Phi) is 6.45. The summed E-state index contributed by atoms with van der Waals surface area (Å²) in [7, 11) is 0. The van der Waals surface area contributed by atoms with Gasteiger partial charge in [0.25, 0.3) is 11.8 Å². The van der Waals surface area contributed by atoms with Crippen LogP contribution in [0, 0.1) is 0 Å². The fourth-order valence-corrected chi connectivity index (χ4v) is 4.21. The Morgan fingerprint density at radius 3 is 2.22 bits per heavy atom. The molecule has 0 radical (unpaired) electrons. The highest BCUT2D eigenvalue weighted by molar-refractivity contribution is 6.33. The first-order chi connectivity index (χ1) is 17.9. The summed E-state index contributed by atoms with van der Waals surface area (Å²) < 4.78 is 0. The molecule has 0 unspecified atom stereocenters. The third kappa shape index (κ3) is 5.07. The lowest BCUT2D eigenvalue weighted by Gasteiger charge is -2.12. The van der Waals surface area contributed by atoms with Crippen LogP contribution in [0.2, 0.25) is 5.02 Å². The van der Waals surface area contributed by atoms with Crippen LogP contribution in [0.15, 0.2) is 97.1 Å². The van der Waals surface area contributed by atoms with Crippen molar-refractivity contribution in [2.45, 2.75) is 0 Å². The van der Waals surface area contributed by atoms with E-state index in [4.69, 9.17) is 11.6 Å². The fourth-order valence-electron chi connectivity index (χ4n) is 4.02. The molecule has 0 heterocycles. The molecule has 0 atom stereocenters. The summed E-state index contributed by atoms with van der Waals surface area (Å²) in [6.07, 6.45) is 0. The average molecular weight is 510 g/mol. The van der Waals surface area contributed by atoms with Crippen LogP contribution in [-0.4, -0.2) is 23.0 Å². The molecule has 5 aromatic rings. The number of benzene rings is 5. The maximum Gasteiger partial charge on any atom is 0.326 e. The fraction of sp³-hybridized carbons (Fsp3) is 0. The molecular weight excluding hydrogens is 490 g/mol. The summed E-state index contributed by atoms with van der Waals surface area (Å²) in [5.74, 6) is -1.33. The Bertz CT molecular complexity index is 1690. The quantitative estimate of drug-likeness (QED) is 0.220. The van der Waals surface area contributed by atoms with E-state index < -0.39 is 17.8 Å². The second-order valence-corrected chi connectivity index (χ2v) is 8.71. The van der Waals surface area contributed by atoms with E-state index in [-0.39, 0.29) is 16.9 Å². The molecule has 0 fully saturated rings. The number of para-hydroxylation sites is 1. The molecule has 8 heteroatoms. The van der Waals surface area contributed by atoms with Crippen LogP contribution < -0.4 is 16.0 Å². The van der Waals surface area contributed by atoms with E-state index in [9.17, 15) is 19.5 Å². The monoisotopic (exact) mass is 509 g/mol. The number of carbonyl (C=O) groups is 3. The zero-order valence-corrected chi connectivity index (χ0v) is 20.0. The Morgan fingerprint density at radius 2 is 1.38 bits per heavy atom. The van der Waals surface area contributed by atoms with Crippen LogP contribution in [0.25, 0.3) is 21.5 Å². The van der Waals surface area contributed by atoms with Gasteiger partial charge in [0.05, 0.1) is 16.3 Å². The topological polar surface area (TPSA) is 108 Å². The highest BCUT2D eigenvalue weighted by Crippen LogP contribution is 2.29. The SMILES string of the molecule is O=C(NC(=O)c1ccc2cc(O)c(C(=O)Nc3cccc4ccccc34)cc2c1)Nc1ccccc1Cl. The van der Waals surface area contributed by atoms with Crippen molar-refractivity contribution in [2.24, 2.45) is 0 Å². The van der Waals surface area contributed by atoms with Crippen LogP contribution in [0.3, 0.4) is 0 Å². The number of urea groups is 1. The van der Waals surface area contributed by atoms with Crippen LogP contribution in [0.5, 0.6) is 5.75 Å². The highest BCUT2D eigenvalue weighted by Gasteiger charge is 2.16. The highest BCUT2D eigenvalue weighted by atomic mass is 35.5. The molecule has 0 aliphatic carbocycles. The lowest BCUT2D eigenvalue weighted by atomic mass is 10.0. The maximum atomic E-state index is 13.1. The minimum Gasteiger partial charge on any atom is -0.507 e. The Hall–Kier alpha value is -4.88. The van der Waals surface area contributed by atoms with Crippen molar-refractivity contribution in [3.8, 4) is 5.75 Å². The van der Waals surface area contributed by atoms with Crippen molar-refractivity contribution in [1.29, 1.82) is 0 Å². The Labute approximate surface area is 216 Å². The van der Waals surface area contributed by atoms with Gasteiger partial charge >= 0.3 is 6.03 Å². The van der Waals surface area contributed by atoms with E-state index in [0.717, 1.165) is 10.8 Å². The first-order valence-corrected chi connectivity index (χ1v) is 11.7. The van der Waals surface area contributed by atoms with Crippen molar-refractivity contribution in [3.05, 3.63) is 113 Å². The summed E-state index contributed by atoms with van der Waals surface area (Å²) in [5, 5.41) is 21.5. The van der Waals surface area contributed by atoms with Crippen molar-refractivity contribution >= 4 is 62.4 Å². The number of anilines is 2. The minimum absolute atomic E-state index is 0.0504. The molecule has 4 amide bonds. The zero-order valence-electron chi connectivity index (χ0n) is 19.3. The van der Waals surface area contributed by atoms with Gasteiger partial charge in [-0.25, -0.2) is 4.79 Å². The van der Waals surface area contributed by atoms with Gasteiger partial charge in [0.2, 0.25) is 0 Å². The Morgan fingerprint density at radius 1 is 0.649 bits per heavy atom. The molecule has 0 aliphatic heterocycles. The van der Waals surface area contributed by atoms with Crippen molar-refractivity contribution in [1.82, 2.24) is 5.32 Å². The van der Waals surface area contributed by atoms with Crippen molar-refractivity contribution < 1.29 is 19.5 Å².